The molecule has 86 valence electrons. The largest absolute Gasteiger partial charge is 0.478 e. The highest BCUT2D eigenvalue weighted by Gasteiger charge is 2.05. The zero-order chi connectivity index (χ0) is 12.1. The van der Waals surface area contributed by atoms with Crippen LogP contribution in [-0.2, 0) is 11.3 Å². The van der Waals surface area contributed by atoms with Gasteiger partial charge in [-0.1, -0.05) is 0 Å². The normalized spacial score (nSPS) is 9.81. The van der Waals surface area contributed by atoms with Crippen LogP contribution in [0.2, 0.25) is 0 Å². The number of hydrogen-bond donors (Lipinski definition) is 2. The number of aromatic carboxylic acids is 1. The second-order valence-corrected chi connectivity index (χ2v) is 3.18. The van der Waals surface area contributed by atoms with Crippen molar-refractivity contribution in [1.82, 2.24) is 9.88 Å². The molecular formula is C10H12N2O4. The lowest BCUT2D eigenvalue weighted by molar-refractivity contribution is -0.120. The molecule has 0 bridgehead atoms. The Bertz CT molecular complexity index is 464. The lowest BCUT2D eigenvalue weighted by atomic mass is 10.2. The van der Waals surface area contributed by atoms with Gasteiger partial charge in [0, 0.05) is 32.3 Å². The summed E-state index contributed by atoms with van der Waals surface area (Å²) in [6, 6.07) is 2.36. The molecule has 6 nitrogen and oxygen atoms in total. The minimum atomic E-state index is -1.14. The van der Waals surface area contributed by atoms with Crippen LogP contribution in [0.15, 0.2) is 23.1 Å². The van der Waals surface area contributed by atoms with Crippen LogP contribution < -0.4 is 10.9 Å². The Kier molecular flexibility index (Phi) is 3.82. The van der Waals surface area contributed by atoms with Gasteiger partial charge in [0.1, 0.15) is 0 Å². The van der Waals surface area contributed by atoms with E-state index in [1.165, 1.54) is 23.9 Å². The van der Waals surface area contributed by atoms with Crippen molar-refractivity contribution in [3.05, 3.63) is 34.2 Å². The summed E-state index contributed by atoms with van der Waals surface area (Å²) >= 11 is 0. The number of carboxylic acids is 1. The monoisotopic (exact) mass is 224 g/mol. The number of hydrogen-bond acceptors (Lipinski definition) is 3. The van der Waals surface area contributed by atoms with E-state index in [0.29, 0.717) is 0 Å². The smallest absolute Gasteiger partial charge is 0.335 e. The molecule has 0 fully saturated rings. The average Bonchev–Trinajstić information content (AvgIpc) is 2.26. The van der Waals surface area contributed by atoms with Crippen molar-refractivity contribution >= 4 is 11.9 Å². The number of carbonyl (C=O) groups is 2. The van der Waals surface area contributed by atoms with E-state index < -0.39 is 11.5 Å². The molecule has 16 heavy (non-hydrogen) atoms. The number of carbonyl (C=O) groups excluding carboxylic acids is 1. The summed E-state index contributed by atoms with van der Waals surface area (Å²) in [5.41, 5.74) is -0.481. The van der Waals surface area contributed by atoms with E-state index in [4.69, 9.17) is 5.11 Å². The molecule has 1 rings (SSSR count). The van der Waals surface area contributed by atoms with E-state index in [0.717, 1.165) is 6.07 Å². The van der Waals surface area contributed by atoms with Gasteiger partial charge in [-0.05, 0) is 6.07 Å². The highest BCUT2D eigenvalue weighted by molar-refractivity contribution is 5.87. The molecule has 0 aliphatic carbocycles. The Morgan fingerprint density at radius 1 is 1.50 bits per heavy atom. The fourth-order valence-electron chi connectivity index (χ4n) is 1.17. The van der Waals surface area contributed by atoms with Crippen molar-refractivity contribution in [2.45, 2.75) is 13.0 Å². The molecule has 1 amide bonds. The summed E-state index contributed by atoms with van der Waals surface area (Å²) in [5.74, 6) is -1.32. The molecule has 0 aliphatic heterocycles. The number of rotatable bonds is 4. The summed E-state index contributed by atoms with van der Waals surface area (Å²) in [7, 11) is 1.51. The van der Waals surface area contributed by atoms with Gasteiger partial charge in [0.15, 0.2) is 0 Å². The van der Waals surface area contributed by atoms with Crippen LogP contribution in [0, 0.1) is 0 Å². The predicted molar refractivity (Wildman–Crippen MR) is 56.3 cm³/mol. The third-order valence-corrected chi connectivity index (χ3v) is 2.10. The molecule has 0 radical (unpaired) electrons. The topological polar surface area (TPSA) is 88.4 Å². The standard InChI is InChI=1S/C10H12N2O4/c1-11-8(13)3-5-12-4-2-7(10(15)16)6-9(12)14/h2,4,6H,3,5H2,1H3,(H,11,13)(H,15,16). The van der Waals surface area contributed by atoms with Gasteiger partial charge in [-0.2, -0.15) is 0 Å². The lowest BCUT2D eigenvalue weighted by Crippen LogP contribution is -2.25. The molecule has 1 aromatic rings. The van der Waals surface area contributed by atoms with Gasteiger partial charge in [0.2, 0.25) is 5.91 Å². The van der Waals surface area contributed by atoms with Crippen molar-refractivity contribution in [2.24, 2.45) is 0 Å². The Morgan fingerprint density at radius 3 is 2.69 bits per heavy atom. The summed E-state index contributed by atoms with van der Waals surface area (Å²) in [4.78, 5) is 32.9. The van der Waals surface area contributed by atoms with E-state index in [1.807, 2.05) is 0 Å². The molecule has 1 heterocycles. The second kappa shape index (κ2) is 5.11. The number of nitrogens with one attached hydrogen (secondary N) is 1. The number of pyridine rings is 1. The molecule has 0 atom stereocenters. The number of nitrogens with zero attached hydrogens (tertiary/aromatic N) is 1. The molecule has 2 N–H and O–H groups in total. The molecule has 6 heteroatoms. The van der Waals surface area contributed by atoms with Crippen molar-refractivity contribution in [3.63, 3.8) is 0 Å². The van der Waals surface area contributed by atoms with E-state index in [1.54, 1.807) is 0 Å². The van der Waals surface area contributed by atoms with Gasteiger partial charge in [0.25, 0.3) is 5.56 Å². The zero-order valence-electron chi connectivity index (χ0n) is 8.77. The summed E-state index contributed by atoms with van der Waals surface area (Å²) in [6.07, 6.45) is 1.55. The number of aromatic nitrogens is 1. The fraction of sp³-hybridized carbons (Fsp3) is 0.300. The predicted octanol–water partition coefficient (Wildman–Crippen LogP) is -0.317. The quantitative estimate of drug-likeness (QED) is 0.733. The van der Waals surface area contributed by atoms with Gasteiger partial charge >= 0.3 is 5.97 Å². The van der Waals surface area contributed by atoms with Crippen molar-refractivity contribution in [3.8, 4) is 0 Å². The highest BCUT2D eigenvalue weighted by atomic mass is 16.4. The molecule has 0 unspecified atom stereocenters. The maximum absolute atomic E-state index is 11.4. The number of amides is 1. The van der Waals surface area contributed by atoms with Crippen LogP contribution in [-0.4, -0.2) is 28.6 Å². The number of carboxylic acid groups (broad SMARTS) is 1. The van der Waals surface area contributed by atoms with Crippen LogP contribution in [0.5, 0.6) is 0 Å². The summed E-state index contributed by atoms with van der Waals surface area (Å²) in [6.45, 7) is 0.235. The molecule has 0 saturated heterocycles. The molecule has 0 aliphatic rings. The van der Waals surface area contributed by atoms with Crippen LogP contribution in [0.25, 0.3) is 0 Å². The minimum Gasteiger partial charge on any atom is -0.478 e. The summed E-state index contributed by atoms with van der Waals surface area (Å²) in [5, 5.41) is 11.1. The first-order valence-electron chi connectivity index (χ1n) is 4.69. The lowest BCUT2D eigenvalue weighted by Gasteiger charge is -2.04. The van der Waals surface area contributed by atoms with Gasteiger partial charge in [-0.15, -0.1) is 0 Å². The van der Waals surface area contributed by atoms with E-state index >= 15 is 0 Å². The van der Waals surface area contributed by atoms with Crippen molar-refractivity contribution in [2.75, 3.05) is 7.05 Å². The van der Waals surface area contributed by atoms with Crippen LogP contribution in [0.3, 0.4) is 0 Å². The van der Waals surface area contributed by atoms with Crippen LogP contribution in [0.1, 0.15) is 16.8 Å². The highest BCUT2D eigenvalue weighted by Crippen LogP contribution is 1.95. The average molecular weight is 224 g/mol. The van der Waals surface area contributed by atoms with Gasteiger partial charge in [0.05, 0.1) is 5.56 Å². The number of aryl methyl sites for hydroxylation is 1. The first kappa shape index (κ1) is 12.0. The minimum absolute atomic E-state index is 0.0545. The Hall–Kier alpha value is -2.11. The first-order valence-corrected chi connectivity index (χ1v) is 4.69. The Balaban J connectivity index is 2.80. The third kappa shape index (κ3) is 2.94. The SMILES string of the molecule is CNC(=O)CCn1ccc(C(=O)O)cc1=O. The molecular weight excluding hydrogens is 212 g/mol. The molecule has 0 aromatic carbocycles. The molecule has 0 saturated carbocycles. The Morgan fingerprint density at radius 2 is 2.19 bits per heavy atom. The zero-order valence-corrected chi connectivity index (χ0v) is 8.77. The van der Waals surface area contributed by atoms with Gasteiger partial charge in [-0.25, -0.2) is 4.79 Å². The Labute approximate surface area is 91.5 Å². The van der Waals surface area contributed by atoms with Crippen LogP contribution in [0.4, 0.5) is 0 Å². The summed E-state index contributed by atoms with van der Waals surface area (Å²) < 4.78 is 1.29. The first-order chi connectivity index (χ1) is 7.54. The van der Waals surface area contributed by atoms with Crippen LogP contribution >= 0.6 is 0 Å². The third-order valence-electron chi connectivity index (χ3n) is 2.10. The fourth-order valence-corrected chi connectivity index (χ4v) is 1.17. The molecule has 1 aromatic heterocycles. The van der Waals surface area contributed by atoms with Gasteiger partial charge in [-0.3, -0.25) is 9.59 Å². The van der Waals surface area contributed by atoms with Gasteiger partial charge < -0.3 is 15.0 Å². The van der Waals surface area contributed by atoms with E-state index in [9.17, 15) is 14.4 Å². The van der Waals surface area contributed by atoms with E-state index in [2.05, 4.69) is 5.32 Å². The second-order valence-electron chi connectivity index (χ2n) is 3.18. The maximum Gasteiger partial charge on any atom is 0.335 e. The molecule has 0 spiro atoms. The van der Waals surface area contributed by atoms with Crippen molar-refractivity contribution < 1.29 is 14.7 Å². The van der Waals surface area contributed by atoms with Crippen molar-refractivity contribution in [1.29, 1.82) is 0 Å². The maximum atomic E-state index is 11.4. The van der Waals surface area contributed by atoms with E-state index in [-0.39, 0.29) is 24.4 Å².